The Labute approximate surface area is 123 Å². The molecule has 114 valence electrons. The minimum atomic E-state index is -0.916. The number of aliphatic carboxylic acids is 1. The van der Waals surface area contributed by atoms with E-state index in [1.54, 1.807) is 11.8 Å². The molecule has 0 aromatic rings. The van der Waals surface area contributed by atoms with Crippen molar-refractivity contribution in [1.82, 2.24) is 15.5 Å². The van der Waals surface area contributed by atoms with E-state index in [0.29, 0.717) is 5.75 Å². The molecule has 2 aliphatic rings. The lowest BCUT2D eigenvalue weighted by atomic mass is 10.1. The number of carbonyl (C=O) groups is 2. The molecule has 0 saturated carbocycles. The molecule has 2 amide bonds. The second-order valence-corrected chi connectivity index (χ2v) is 6.85. The summed E-state index contributed by atoms with van der Waals surface area (Å²) in [6.07, 6.45) is 1.80. The zero-order valence-corrected chi connectivity index (χ0v) is 12.8. The smallest absolute Gasteiger partial charge is 0.327 e. The van der Waals surface area contributed by atoms with Gasteiger partial charge >= 0.3 is 12.0 Å². The van der Waals surface area contributed by atoms with E-state index < -0.39 is 12.0 Å². The van der Waals surface area contributed by atoms with Crippen molar-refractivity contribution in [2.45, 2.75) is 44.1 Å². The second-order valence-electron chi connectivity index (χ2n) is 5.70. The minimum Gasteiger partial charge on any atom is -0.480 e. The number of carbonyl (C=O) groups excluding carboxylic acids is 1. The average Bonchev–Trinajstić information content (AvgIpc) is 2.84. The van der Waals surface area contributed by atoms with Crippen molar-refractivity contribution >= 4 is 23.8 Å². The normalized spacial score (nSPS) is 27.9. The first-order valence-electron chi connectivity index (χ1n) is 7.14. The highest BCUT2D eigenvalue weighted by Gasteiger charge is 2.43. The van der Waals surface area contributed by atoms with Crippen LogP contribution < -0.4 is 10.6 Å². The number of thioether (sulfide) groups is 1. The lowest BCUT2D eigenvalue weighted by Gasteiger charge is -2.32. The summed E-state index contributed by atoms with van der Waals surface area (Å²) in [6, 6.07) is -0.793. The molecule has 3 N–H and O–H groups in total. The monoisotopic (exact) mass is 301 g/mol. The SMILES string of the molecule is CC(C)C1SCC(C(=O)O)N1C(=O)NC1CCNCC1. The summed E-state index contributed by atoms with van der Waals surface area (Å²) in [5.74, 6) is -0.207. The number of hydrogen-bond donors (Lipinski definition) is 3. The molecular formula is C13H23N3O3S. The van der Waals surface area contributed by atoms with Crippen molar-refractivity contribution in [2.24, 2.45) is 5.92 Å². The lowest BCUT2D eigenvalue weighted by molar-refractivity contribution is -0.141. The molecule has 0 aromatic carbocycles. The van der Waals surface area contributed by atoms with Crippen LogP contribution in [0.25, 0.3) is 0 Å². The Kier molecular flexibility index (Phi) is 5.15. The van der Waals surface area contributed by atoms with Gasteiger partial charge in [0.05, 0.1) is 5.37 Å². The van der Waals surface area contributed by atoms with Crippen molar-refractivity contribution in [3.8, 4) is 0 Å². The Morgan fingerprint density at radius 2 is 2.00 bits per heavy atom. The fraction of sp³-hybridized carbons (Fsp3) is 0.846. The standard InChI is InChI=1S/C13H23N3O3S/c1-8(2)11-16(10(7-20-11)12(17)18)13(19)15-9-3-5-14-6-4-9/h8-11,14H,3-7H2,1-2H3,(H,15,19)(H,17,18). The molecule has 0 radical (unpaired) electrons. The van der Waals surface area contributed by atoms with E-state index in [2.05, 4.69) is 10.6 Å². The van der Waals surface area contributed by atoms with E-state index in [-0.39, 0.29) is 23.4 Å². The Balaban J connectivity index is 2.04. The third-order valence-corrected chi connectivity index (χ3v) is 5.41. The maximum atomic E-state index is 12.5. The maximum absolute atomic E-state index is 12.5. The molecule has 0 bridgehead atoms. The van der Waals surface area contributed by atoms with Gasteiger partial charge in [-0.05, 0) is 31.8 Å². The van der Waals surface area contributed by atoms with E-state index in [1.165, 1.54) is 4.90 Å². The molecule has 2 aliphatic heterocycles. The molecule has 0 aliphatic carbocycles. The van der Waals surface area contributed by atoms with Gasteiger partial charge in [-0.1, -0.05) is 13.8 Å². The summed E-state index contributed by atoms with van der Waals surface area (Å²) in [5.41, 5.74) is 0. The first-order valence-corrected chi connectivity index (χ1v) is 8.19. The number of nitrogens with one attached hydrogen (secondary N) is 2. The summed E-state index contributed by atoms with van der Waals surface area (Å²) in [4.78, 5) is 25.3. The fourth-order valence-electron chi connectivity index (χ4n) is 2.70. The van der Waals surface area contributed by atoms with Gasteiger partial charge in [0.1, 0.15) is 6.04 Å². The highest BCUT2D eigenvalue weighted by molar-refractivity contribution is 8.00. The van der Waals surface area contributed by atoms with Crippen LogP contribution in [0.15, 0.2) is 0 Å². The van der Waals surface area contributed by atoms with Crippen LogP contribution >= 0.6 is 11.8 Å². The zero-order valence-electron chi connectivity index (χ0n) is 12.0. The molecule has 2 heterocycles. The van der Waals surface area contributed by atoms with E-state index >= 15 is 0 Å². The van der Waals surface area contributed by atoms with Gasteiger partial charge in [0.2, 0.25) is 0 Å². The highest BCUT2D eigenvalue weighted by Crippen LogP contribution is 2.34. The largest absolute Gasteiger partial charge is 0.480 e. The van der Waals surface area contributed by atoms with Gasteiger partial charge in [-0.25, -0.2) is 9.59 Å². The molecule has 7 heteroatoms. The fourth-order valence-corrected chi connectivity index (χ4v) is 4.17. The Bertz CT molecular complexity index is 372. The van der Waals surface area contributed by atoms with Gasteiger partial charge < -0.3 is 15.7 Å². The molecule has 0 aromatic heterocycles. The van der Waals surface area contributed by atoms with Crippen LogP contribution in [0.2, 0.25) is 0 Å². The van der Waals surface area contributed by atoms with Gasteiger partial charge in [0.15, 0.2) is 0 Å². The molecule has 2 fully saturated rings. The van der Waals surface area contributed by atoms with Gasteiger partial charge in [-0.15, -0.1) is 11.8 Å². The van der Waals surface area contributed by atoms with Gasteiger partial charge in [0.25, 0.3) is 0 Å². The topological polar surface area (TPSA) is 81.7 Å². The van der Waals surface area contributed by atoms with Gasteiger partial charge in [-0.3, -0.25) is 4.90 Å². The zero-order chi connectivity index (χ0) is 14.7. The molecule has 2 rings (SSSR count). The number of carboxylic acids is 1. The van der Waals surface area contributed by atoms with Crippen LogP contribution in [0.1, 0.15) is 26.7 Å². The van der Waals surface area contributed by atoms with E-state index in [4.69, 9.17) is 0 Å². The van der Waals surface area contributed by atoms with Crippen molar-refractivity contribution in [1.29, 1.82) is 0 Å². The molecule has 6 nitrogen and oxygen atoms in total. The minimum absolute atomic E-state index is 0.0576. The molecule has 2 atom stereocenters. The van der Waals surface area contributed by atoms with Crippen molar-refractivity contribution in [3.05, 3.63) is 0 Å². The van der Waals surface area contributed by atoms with Crippen LogP contribution in [-0.2, 0) is 4.79 Å². The maximum Gasteiger partial charge on any atom is 0.327 e. The molecule has 20 heavy (non-hydrogen) atoms. The average molecular weight is 301 g/mol. The van der Waals surface area contributed by atoms with Crippen molar-refractivity contribution < 1.29 is 14.7 Å². The van der Waals surface area contributed by atoms with Crippen LogP contribution in [0.4, 0.5) is 4.79 Å². The number of nitrogens with zero attached hydrogens (tertiary/aromatic N) is 1. The van der Waals surface area contributed by atoms with E-state index in [1.807, 2.05) is 13.8 Å². The first kappa shape index (κ1) is 15.4. The van der Waals surface area contributed by atoms with Crippen molar-refractivity contribution in [3.63, 3.8) is 0 Å². The van der Waals surface area contributed by atoms with Crippen LogP contribution in [0.5, 0.6) is 0 Å². The summed E-state index contributed by atoms with van der Waals surface area (Å²) in [5, 5.41) is 15.5. The number of carboxylic acid groups (broad SMARTS) is 1. The Morgan fingerprint density at radius 1 is 1.35 bits per heavy atom. The van der Waals surface area contributed by atoms with Crippen LogP contribution in [0.3, 0.4) is 0 Å². The number of amides is 2. The molecule has 2 unspecified atom stereocenters. The van der Waals surface area contributed by atoms with Crippen molar-refractivity contribution in [2.75, 3.05) is 18.8 Å². The Hall–Kier alpha value is -0.950. The van der Waals surface area contributed by atoms with Crippen LogP contribution in [0, 0.1) is 5.92 Å². The molecule has 2 saturated heterocycles. The summed E-state index contributed by atoms with van der Waals surface area (Å²) < 4.78 is 0. The molecular weight excluding hydrogens is 278 g/mol. The highest BCUT2D eigenvalue weighted by atomic mass is 32.2. The molecule has 0 spiro atoms. The van der Waals surface area contributed by atoms with Gasteiger partial charge in [-0.2, -0.15) is 0 Å². The number of piperidine rings is 1. The van der Waals surface area contributed by atoms with E-state index in [0.717, 1.165) is 25.9 Å². The number of urea groups is 1. The third kappa shape index (κ3) is 3.38. The van der Waals surface area contributed by atoms with Crippen LogP contribution in [-0.4, -0.2) is 58.3 Å². The first-order chi connectivity index (χ1) is 9.50. The second kappa shape index (κ2) is 6.67. The predicted molar refractivity (Wildman–Crippen MR) is 78.8 cm³/mol. The third-order valence-electron chi connectivity index (χ3n) is 3.79. The predicted octanol–water partition coefficient (Wildman–Crippen LogP) is 0.932. The summed E-state index contributed by atoms with van der Waals surface area (Å²) >= 11 is 1.56. The lowest BCUT2D eigenvalue weighted by Crippen LogP contribution is -2.54. The Morgan fingerprint density at radius 3 is 2.55 bits per heavy atom. The summed E-state index contributed by atoms with van der Waals surface area (Å²) in [7, 11) is 0. The summed E-state index contributed by atoms with van der Waals surface area (Å²) in [6.45, 7) is 5.84. The van der Waals surface area contributed by atoms with E-state index in [9.17, 15) is 14.7 Å². The number of rotatable bonds is 3. The quantitative estimate of drug-likeness (QED) is 0.722. The number of hydrogen-bond acceptors (Lipinski definition) is 4. The van der Waals surface area contributed by atoms with Gasteiger partial charge in [0, 0.05) is 11.8 Å².